The number of para-hydroxylation sites is 1. The summed E-state index contributed by atoms with van der Waals surface area (Å²) in [5, 5.41) is 3.37. The van der Waals surface area contributed by atoms with Crippen molar-refractivity contribution >= 4 is 15.5 Å². The van der Waals surface area contributed by atoms with E-state index in [0.29, 0.717) is 18.1 Å². The average Bonchev–Trinajstić information content (AvgIpc) is 2.37. The molecule has 0 aromatic heterocycles. The van der Waals surface area contributed by atoms with Crippen LogP contribution in [-0.4, -0.2) is 50.5 Å². The van der Waals surface area contributed by atoms with Crippen LogP contribution in [-0.2, 0) is 9.84 Å². The van der Waals surface area contributed by atoms with Crippen LogP contribution in [0.3, 0.4) is 0 Å². The number of benzene rings is 1. The molecule has 0 aliphatic carbocycles. The van der Waals surface area contributed by atoms with E-state index in [1.807, 2.05) is 25.1 Å². The van der Waals surface area contributed by atoms with Crippen molar-refractivity contribution in [2.24, 2.45) is 0 Å². The average molecular weight is 282 g/mol. The molecule has 5 heteroatoms. The standard InChI is InChI=1S/C14H22N2O2S/c1-13-12-19(17,18)11-10-16(13)9-5-8-15-14-6-3-2-4-7-14/h2-4,6-7,13,15H,5,8-12H2,1H3. The Bertz CT molecular complexity index is 487. The van der Waals surface area contributed by atoms with E-state index < -0.39 is 9.84 Å². The van der Waals surface area contributed by atoms with Gasteiger partial charge in [-0.3, -0.25) is 4.90 Å². The van der Waals surface area contributed by atoms with Crippen molar-refractivity contribution in [1.82, 2.24) is 4.90 Å². The number of nitrogens with one attached hydrogen (secondary N) is 1. The monoisotopic (exact) mass is 282 g/mol. The molecule has 1 aliphatic heterocycles. The summed E-state index contributed by atoms with van der Waals surface area (Å²) in [5.74, 6) is 0.614. The summed E-state index contributed by atoms with van der Waals surface area (Å²) in [6.45, 7) is 4.55. The first-order valence-electron chi connectivity index (χ1n) is 6.80. The highest BCUT2D eigenvalue weighted by atomic mass is 32.2. The molecule has 0 spiro atoms. The van der Waals surface area contributed by atoms with Gasteiger partial charge in [-0.25, -0.2) is 8.42 Å². The van der Waals surface area contributed by atoms with E-state index in [4.69, 9.17) is 0 Å². The topological polar surface area (TPSA) is 49.4 Å². The third-order valence-electron chi connectivity index (χ3n) is 3.53. The molecular weight excluding hydrogens is 260 g/mol. The smallest absolute Gasteiger partial charge is 0.153 e. The van der Waals surface area contributed by atoms with Crippen LogP contribution in [0.5, 0.6) is 0 Å². The van der Waals surface area contributed by atoms with E-state index in [-0.39, 0.29) is 6.04 Å². The Morgan fingerprint density at radius 3 is 2.74 bits per heavy atom. The molecule has 0 radical (unpaired) electrons. The SMILES string of the molecule is CC1CS(=O)(=O)CCN1CCCNc1ccccc1. The summed E-state index contributed by atoms with van der Waals surface area (Å²) in [5.41, 5.74) is 1.14. The molecule has 0 bridgehead atoms. The molecule has 4 nitrogen and oxygen atoms in total. The minimum Gasteiger partial charge on any atom is -0.385 e. The van der Waals surface area contributed by atoms with E-state index in [2.05, 4.69) is 22.3 Å². The predicted molar refractivity (Wildman–Crippen MR) is 79.2 cm³/mol. The number of hydrogen-bond donors (Lipinski definition) is 1. The van der Waals surface area contributed by atoms with Crippen LogP contribution in [0.1, 0.15) is 13.3 Å². The Kier molecular flexibility index (Phi) is 4.82. The first-order chi connectivity index (χ1) is 9.07. The van der Waals surface area contributed by atoms with Crippen LogP contribution in [0.15, 0.2) is 30.3 Å². The highest BCUT2D eigenvalue weighted by molar-refractivity contribution is 7.91. The van der Waals surface area contributed by atoms with Gasteiger partial charge in [-0.05, 0) is 25.5 Å². The van der Waals surface area contributed by atoms with Gasteiger partial charge in [-0.2, -0.15) is 0 Å². The van der Waals surface area contributed by atoms with Crippen LogP contribution in [0.2, 0.25) is 0 Å². The van der Waals surface area contributed by atoms with Gasteiger partial charge in [0.2, 0.25) is 0 Å². The first-order valence-corrected chi connectivity index (χ1v) is 8.62. The number of rotatable bonds is 5. The summed E-state index contributed by atoms with van der Waals surface area (Å²) in [6, 6.07) is 10.3. The third kappa shape index (κ3) is 4.51. The molecule has 1 heterocycles. The molecular formula is C14H22N2O2S. The highest BCUT2D eigenvalue weighted by Crippen LogP contribution is 2.12. The molecule has 19 heavy (non-hydrogen) atoms. The third-order valence-corrected chi connectivity index (χ3v) is 5.33. The van der Waals surface area contributed by atoms with Gasteiger partial charge >= 0.3 is 0 Å². The van der Waals surface area contributed by atoms with E-state index >= 15 is 0 Å². The zero-order valence-corrected chi connectivity index (χ0v) is 12.2. The van der Waals surface area contributed by atoms with Crippen LogP contribution < -0.4 is 5.32 Å². The fourth-order valence-corrected chi connectivity index (χ4v) is 4.06. The highest BCUT2D eigenvalue weighted by Gasteiger charge is 2.27. The minimum absolute atomic E-state index is 0.149. The van der Waals surface area contributed by atoms with Gasteiger partial charge in [0, 0.05) is 31.4 Å². The van der Waals surface area contributed by atoms with Crippen molar-refractivity contribution in [3.63, 3.8) is 0 Å². The summed E-state index contributed by atoms with van der Waals surface area (Å²) >= 11 is 0. The first kappa shape index (κ1) is 14.3. The normalized spacial score (nSPS) is 23.1. The molecule has 1 aromatic carbocycles. The molecule has 1 N–H and O–H groups in total. The van der Waals surface area contributed by atoms with Crippen molar-refractivity contribution in [2.75, 3.05) is 36.5 Å². The molecule has 1 saturated heterocycles. The second-order valence-corrected chi connectivity index (χ2v) is 7.37. The zero-order chi connectivity index (χ0) is 13.7. The summed E-state index contributed by atoms with van der Waals surface area (Å²) < 4.78 is 23.0. The molecule has 0 amide bonds. The van der Waals surface area contributed by atoms with Gasteiger partial charge in [0.15, 0.2) is 9.84 Å². The van der Waals surface area contributed by atoms with Gasteiger partial charge in [0.05, 0.1) is 11.5 Å². The molecule has 2 rings (SSSR count). The summed E-state index contributed by atoms with van der Waals surface area (Å²) in [6.07, 6.45) is 1.03. The van der Waals surface area contributed by atoms with Gasteiger partial charge in [0.25, 0.3) is 0 Å². The Morgan fingerprint density at radius 2 is 2.05 bits per heavy atom. The Labute approximate surface area is 115 Å². The Balaban J connectivity index is 1.69. The van der Waals surface area contributed by atoms with Crippen LogP contribution in [0.4, 0.5) is 5.69 Å². The lowest BCUT2D eigenvalue weighted by Gasteiger charge is -2.33. The minimum atomic E-state index is -2.80. The van der Waals surface area contributed by atoms with Crippen molar-refractivity contribution in [2.45, 2.75) is 19.4 Å². The second-order valence-electron chi connectivity index (χ2n) is 5.15. The van der Waals surface area contributed by atoms with Gasteiger partial charge in [0.1, 0.15) is 0 Å². The fourth-order valence-electron chi connectivity index (χ4n) is 2.44. The van der Waals surface area contributed by atoms with E-state index in [1.165, 1.54) is 0 Å². The lowest BCUT2D eigenvalue weighted by Crippen LogP contribution is -2.47. The van der Waals surface area contributed by atoms with Crippen molar-refractivity contribution in [3.05, 3.63) is 30.3 Å². The Hall–Kier alpha value is -1.07. The molecule has 0 saturated carbocycles. The second kappa shape index (κ2) is 6.39. The van der Waals surface area contributed by atoms with Gasteiger partial charge in [-0.15, -0.1) is 0 Å². The van der Waals surface area contributed by atoms with Crippen molar-refractivity contribution in [1.29, 1.82) is 0 Å². The van der Waals surface area contributed by atoms with Crippen molar-refractivity contribution < 1.29 is 8.42 Å². The zero-order valence-electron chi connectivity index (χ0n) is 11.4. The summed E-state index contributed by atoms with van der Waals surface area (Å²) in [4.78, 5) is 2.27. The maximum Gasteiger partial charge on any atom is 0.153 e. The molecule has 106 valence electrons. The number of sulfone groups is 1. The van der Waals surface area contributed by atoms with E-state index in [1.54, 1.807) is 0 Å². The van der Waals surface area contributed by atoms with E-state index in [0.717, 1.165) is 25.2 Å². The number of nitrogens with zero attached hydrogens (tertiary/aromatic N) is 1. The van der Waals surface area contributed by atoms with Crippen molar-refractivity contribution in [3.8, 4) is 0 Å². The molecule has 1 atom stereocenters. The molecule has 1 unspecified atom stereocenters. The largest absolute Gasteiger partial charge is 0.385 e. The lowest BCUT2D eigenvalue weighted by molar-refractivity contribution is 0.226. The van der Waals surface area contributed by atoms with Gasteiger partial charge < -0.3 is 5.32 Å². The fraction of sp³-hybridized carbons (Fsp3) is 0.571. The van der Waals surface area contributed by atoms with E-state index in [9.17, 15) is 8.42 Å². The predicted octanol–water partition coefficient (Wildman–Crippen LogP) is 1.61. The van der Waals surface area contributed by atoms with Crippen LogP contribution in [0.25, 0.3) is 0 Å². The maximum atomic E-state index is 11.5. The summed E-state index contributed by atoms with van der Waals surface area (Å²) in [7, 11) is -2.80. The molecule has 1 aliphatic rings. The number of anilines is 1. The molecule has 1 fully saturated rings. The quantitative estimate of drug-likeness (QED) is 0.834. The Morgan fingerprint density at radius 1 is 1.32 bits per heavy atom. The maximum absolute atomic E-state index is 11.5. The van der Waals surface area contributed by atoms with Gasteiger partial charge in [-0.1, -0.05) is 18.2 Å². The van der Waals surface area contributed by atoms with Crippen LogP contribution in [0, 0.1) is 0 Å². The van der Waals surface area contributed by atoms with Crippen LogP contribution >= 0.6 is 0 Å². The lowest BCUT2D eigenvalue weighted by atomic mass is 10.2. The molecule has 1 aromatic rings. The number of hydrogen-bond acceptors (Lipinski definition) is 4.